The van der Waals surface area contributed by atoms with Crippen molar-refractivity contribution < 1.29 is 130 Å². The monoisotopic (exact) mass is 501 g/mol. The smallest absolute Gasteiger partial charge is 2.00 e. The van der Waals surface area contributed by atoms with Crippen molar-refractivity contribution >= 4 is 0 Å². The van der Waals surface area contributed by atoms with Gasteiger partial charge in [0.25, 0.3) is 0 Å². The molecule has 0 bridgehead atoms. The minimum atomic E-state index is 0. The van der Waals surface area contributed by atoms with Gasteiger partial charge in [-0.25, -0.2) is 0 Å². The molecule has 0 aliphatic rings. The molecule has 0 aliphatic carbocycles. The molecule has 0 spiro atoms. The van der Waals surface area contributed by atoms with Gasteiger partial charge in [-0.15, -0.1) is 0 Å². The second-order valence-corrected chi connectivity index (χ2v) is 0. The first kappa shape index (κ1) is 24.4. The Morgan fingerprint density at radius 1 is 1.00 bits per heavy atom. The molecule has 0 rings (SSSR count). The summed E-state index contributed by atoms with van der Waals surface area (Å²) in [6.45, 7) is 0. The van der Waals surface area contributed by atoms with E-state index in [1.54, 1.807) is 0 Å². The fraction of sp³-hybridized carbons (Fsp3) is 0. The molecular weight excluding hydrogens is 502 g/mol. The van der Waals surface area contributed by atoms with Crippen molar-refractivity contribution in [3.8, 4) is 0 Å². The van der Waals surface area contributed by atoms with Crippen molar-refractivity contribution in [1.82, 2.24) is 0 Å². The minimum absolute atomic E-state index is 0. The average molecular weight is 502 g/mol. The predicted molar refractivity (Wildman–Crippen MR) is 0.686 cm³/mol. The van der Waals surface area contributed by atoms with Gasteiger partial charge in [-0.05, 0) is 0 Å². The van der Waals surface area contributed by atoms with Crippen molar-refractivity contribution in [2.24, 2.45) is 0 Å². The molecule has 0 fully saturated rings. The Bertz CT molecular complexity index is 8.00. The zero-order valence-electron chi connectivity index (χ0n) is 1.45. The maximum absolute atomic E-state index is 0. The maximum Gasteiger partial charge on any atom is 3.00 e. The van der Waals surface area contributed by atoms with E-state index in [2.05, 4.69) is 0 Å². The van der Waals surface area contributed by atoms with Gasteiger partial charge in [-0.3, -0.25) is 0 Å². The quantitative estimate of drug-likeness (QED) is 0.443. The molecule has 0 atom stereocenters. The molecule has 4 heavy (non-hydrogen) atoms. The summed E-state index contributed by atoms with van der Waals surface area (Å²) in [4.78, 5) is 0. The molecule has 30 valence electrons. The van der Waals surface area contributed by atoms with Crippen molar-refractivity contribution in [3.63, 3.8) is 0 Å². The molecule has 1 nitrogen and oxygen atoms in total. The Balaban J connectivity index is 0. The van der Waals surface area contributed by atoms with Crippen LogP contribution < -0.4 is 0 Å². The third kappa shape index (κ3) is 9.42. The van der Waals surface area contributed by atoms with Gasteiger partial charge in [0.05, 0.1) is 0 Å². The van der Waals surface area contributed by atoms with E-state index < -0.39 is 0 Å². The van der Waals surface area contributed by atoms with Gasteiger partial charge in [0, 0.05) is 0 Å². The fourth-order valence-electron chi connectivity index (χ4n) is 0. The number of rotatable bonds is 0. The van der Waals surface area contributed by atoms with E-state index in [1.165, 1.54) is 0 Å². The molecular formula is NdOTmYb+7. The Kier molecular flexibility index (Phi) is 95.8. The van der Waals surface area contributed by atoms with Crippen LogP contribution in [0.1, 0.15) is 0 Å². The van der Waals surface area contributed by atoms with Crippen molar-refractivity contribution in [3.05, 3.63) is 0 Å². The molecule has 0 aromatic carbocycles. The Hall–Kier alpha value is 4.06. The summed E-state index contributed by atoms with van der Waals surface area (Å²) in [6.07, 6.45) is 0. The minimum Gasteiger partial charge on any atom is -2.00 e. The molecule has 2 radical (unpaired) electrons. The molecule has 0 N–H and O–H groups in total. The maximum atomic E-state index is 0. The van der Waals surface area contributed by atoms with Gasteiger partial charge in [-0.1, -0.05) is 0 Å². The van der Waals surface area contributed by atoms with Crippen LogP contribution in [0, 0.1) is 125 Å². The molecule has 0 aromatic heterocycles. The van der Waals surface area contributed by atoms with Crippen LogP contribution in [0.3, 0.4) is 0 Å². The molecule has 0 heterocycles. The van der Waals surface area contributed by atoms with E-state index in [-0.39, 0.29) is 130 Å². The van der Waals surface area contributed by atoms with Crippen LogP contribution in [-0.4, -0.2) is 0 Å². The van der Waals surface area contributed by atoms with Crippen molar-refractivity contribution in [1.29, 1.82) is 0 Å². The van der Waals surface area contributed by atoms with Gasteiger partial charge < -0.3 is 5.48 Å². The summed E-state index contributed by atoms with van der Waals surface area (Å²) in [5.41, 5.74) is 0. The van der Waals surface area contributed by atoms with Crippen LogP contribution in [0.2, 0.25) is 0 Å². The summed E-state index contributed by atoms with van der Waals surface area (Å²) in [7, 11) is 0. The summed E-state index contributed by atoms with van der Waals surface area (Å²) >= 11 is 0. The van der Waals surface area contributed by atoms with Crippen LogP contribution in [0.5, 0.6) is 0 Å². The number of hydrogen-bond acceptors (Lipinski definition) is 0. The SMILES string of the molecule is [Nd+3].[O-2].[Tm+3].[Yb+3]. The molecule has 0 aliphatic heterocycles. The first-order chi connectivity index (χ1) is 0. The Morgan fingerprint density at radius 2 is 1.00 bits per heavy atom. The van der Waals surface area contributed by atoms with E-state index >= 15 is 0 Å². The van der Waals surface area contributed by atoms with Crippen LogP contribution in [0.25, 0.3) is 0 Å². The fourth-order valence-corrected chi connectivity index (χ4v) is 0. The van der Waals surface area contributed by atoms with Gasteiger partial charge in [0.1, 0.15) is 0 Å². The van der Waals surface area contributed by atoms with Gasteiger partial charge in [0.15, 0.2) is 0 Å². The second kappa shape index (κ2) is 15.7. The number of hydrogen-bond donors (Lipinski definition) is 0. The standard InChI is InChI=1S/Nd.O.Tm.Yb/q+3;-2;2*+3. The predicted octanol–water partition coefficient (Wildman–Crippen LogP) is -0.119. The first-order valence-electron chi connectivity index (χ1n) is 0. The average Bonchev–Trinajstić information content (AvgIpc) is 0. The molecule has 0 aromatic rings. The van der Waals surface area contributed by atoms with Gasteiger partial charge in [-0.2, -0.15) is 0 Å². The molecule has 0 saturated carbocycles. The van der Waals surface area contributed by atoms with Crippen LogP contribution >= 0.6 is 0 Å². The van der Waals surface area contributed by atoms with Gasteiger partial charge >= 0.3 is 125 Å². The molecule has 0 saturated heterocycles. The zero-order chi connectivity index (χ0) is 0. The van der Waals surface area contributed by atoms with Crippen LogP contribution in [0.4, 0.5) is 0 Å². The normalized spacial score (nSPS) is 0. The molecule has 4 heteroatoms. The summed E-state index contributed by atoms with van der Waals surface area (Å²) in [6, 6.07) is 0. The first-order valence-corrected chi connectivity index (χ1v) is 0. The second-order valence-electron chi connectivity index (χ2n) is 0. The Morgan fingerprint density at radius 3 is 1.00 bits per heavy atom. The van der Waals surface area contributed by atoms with Crippen LogP contribution in [0.15, 0.2) is 0 Å². The van der Waals surface area contributed by atoms with E-state index in [9.17, 15) is 0 Å². The van der Waals surface area contributed by atoms with Crippen molar-refractivity contribution in [2.45, 2.75) is 0 Å². The molecule has 0 amide bonds. The topological polar surface area (TPSA) is 28.5 Å². The van der Waals surface area contributed by atoms with Crippen LogP contribution in [-0.2, 0) is 5.48 Å². The summed E-state index contributed by atoms with van der Waals surface area (Å²) < 4.78 is 0. The van der Waals surface area contributed by atoms with E-state index in [4.69, 9.17) is 0 Å². The summed E-state index contributed by atoms with van der Waals surface area (Å²) in [5, 5.41) is 0. The third-order valence-corrected chi connectivity index (χ3v) is 0. The largest absolute Gasteiger partial charge is 3.00 e. The van der Waals surface area contributed by atoms with Crippen molar-refractivity contribution in [2.75, 3.05) is 0 Å². The summed E-state index contributed by atoms with van der Waals surface area (Å²) in [5.74, 6) is 0. The Labute approximate surface area is 126 Å². The third-order valence-electron chi connectivity index (χ3n) is 0. The van der Waals surface area contributed by atoms with E-state index in [0.717, 1.165) is 0 Å². The zero-order valence-corrected chi connectivity index (χ0v) is 8.16. The molecule has 0 unspecified atom stereocenters. The van der Waals surface area contributed by atoms with E-state index in [0.29, 0.717) is 0 Å². The van der Waals surface area contributed by atoms with E-state index in [1.807, 2.05) is 0 Å². The van der Waals surface area contributed by atoms with Gasteiger partial charge in [0.2, 0.25) is 0 Å².